The third-order valence-electron chi connectivity index (χ3n) is 5.86. The van der Waals surface area contributed by atoms with E-state index in [0.717, 1.165) is 11.1 Å². The van der Waals surface area contributed by atoms with E-state index in [1.54, 1.807) is 18.2 Å². The van der Waals surface area contributed by atoms with Crippen LogP contribution < -0.4 is 10.1 Å². The molecule has 0 aliphatic heterocycles. The Balaban J connectivity index is 1.92. The SMILES string of the molecule is CNC(=O)C(Cc1ccccc1)N(Cc1ccccc1F)C(=O)COc1ccccc1C(C)(C)C. The van der Waals surface area contributed by atoms with Gasteiger partial charge in [0.05, 0.1) is 0 Å². The fraction of sp³-hybridized carbons (Fsp3) is 0.310. The van der Waals surface area contributed by atoms with E-state index in [-0.39, 0.29) is 24.5 Å². The summed E-state index contributed by atoms with van der Waals surface area (Å²) in [6.07, 6.45) is 0.291. The molecule has 0 aliphatic carbocycles. The molecular weight excluding hydrogens is 443 g/mol. The van der Waals surface area contributed by atoms with Crippen molar-refractivity contribution < 1.29 is 18.7 Å². The van der Waals surface area contributed by atoms with Crippen molar-refractivity contribution in [2.24, 2.45) is 0 Å². The molecule has 3 aromatic rings. The molecule has 0 aliphatic rings. The highest BCUT2D eigenvalue weighted by atomic mass is 19.1. The molecule has 0 bridgehead atoms. The second-order valence-corrected chi connectivity index (χ2v) is 9.47. The fourth-order valence-electron chi connectivity index (χ4n) is 3.97. The molecule has 1 unspecified atom stereocenters. The maximum Gasteiger partial charge on any atom is 0.261 e. The molecule has 0 radical (unpaired) electrons. The largest absolute Gasteiger partial charge is 0.483 e. The molecule has 1 atom stereocenters. The number of ether oxygens (including phenoxy) is 1. The van der Waals surface area contributed by atoms with Gasteiger partial charge in [-0.25, -0.2) is 4.39 Å². The van der Waals surface area contributed by atoms with Crippen LogP contribution in [0.3, 0.4) is 0 Å². The van der Waals surface area contributed by atoms with Crippen LogP contribution in [-0.2, 0) is 28.0 Å². The highest BCUT2D eigenvalue weighted by Crippen LogP contribution is 2.31. The Morgan fingerprint density at radius 3 is 2.23 bits per heavy atom. The minimum absolute atomic E-state index is 0.0549. The standard InChI is InChI=1S/C29H33FN2O3/c1-29(2,3)23-15-9-11-17-26(23)35-20-27(33)32(19-22-14-8-10-16-24(22)30)25(28(34)31-4)18-21-12-6-5-7-13-21/h5-17,25H,18-20H2,1-4H3,(H,31,34). The molecule has 5 nitrogen and oxygen atoms in total. The van der Waals surface area contributed by atoms with E-state index in [4.69, 9.17) is 4.74 Å². The van der Waals surface area contributed by atoms with Gasteiger partial charge in [0, 0.05) is 25.6 Å². The van der Waals surface area contributed by atoms with E-state index in [1.807, 2.05) is 54.6 Å². The van der Waals surface area contributed by atoms with Crippen molar-refractivity contribution >= 4 is 11.8 Å². The molecule has 2 amide bonds. The molecule has 0 spiro atoms. The van der Waals surface area contributed by atoms with Crippen molar-refractivity contribution in [2.45, 2.75) is 45.2 Å². The lowest BCUT2D eigenvalue weighted by Gasteiger charge is -2.31. The molecule has 184 valence electrons. The third kappa shape index (κ3) is 6.92. The lowest BCUT2D eigenvalue weighted by Crippen LogP contribution is -2.51. The Labute approximate surface area is 206 Å². The normalized spacial score (nSPS) is 12.0. The number of amides is 2. The van der Waals surface area contributed by atoms with Crippen LogP contribution in [0.25, 0.3) is 0 Å². The molecule has 0 saturated carbocycles. The molecule has 6 heteroatoms. The van der Waals surface area contributed by atoms with E-state index in [9.17, 15) is 14.0 Å². The van der Waals surface area contributed by atoms with Gasteiger partial charge in [0.1, 0.15) is 17.6 Å². The maximum atomic E-state index is 14.6. The molecule has 0 fully saturated rings. The summed E-state index contributed by atoms with van der Waals surface area (Å²) in [6.45, 7) is 5.89. The first-order chi connectivity index (χ1) is 16.7. The highest BCUT2D eigenvalue weighted by Gasteiger charge is 2.31. The van der Waals surface area contributed by atoms with Gasteiger partial charge in [-0.1, -0.05) is 87.5 Å². The van der Waals surface area contributed by atoms with Crippen LogP contribution in [0.15, 0.2) is 78.9 Å². The fourth-order valence-corrected chi connectivity index (χ4v) is 3.97. The first-order valence-corrected chi connectivity index (χ1v) is 11.7. The number of halogens is 1. The minimum atomic E-state index is -0.837. The molecule has 0 saturated heterocycles. The molecule has 35 heavy (non-hydrogen) atoms. The number of benzene rings is 3. The van der Waals surface area contributed by atoms with E-state index < -0.39 is 17.8 Å². The van der Waals surface area contributed by atoms with E-state index in [1.165, 1.54) is 18.0 Å². The summed E-state index contributed by atoms with van der Waals surface area (Å²) >= 11 is 0. The lowest BCUT2D eigenvalue weighted by atomic mass is 9.86. The Morgan fingerprint density at radius 2 is 1.57 bits per heavy atom. The summed E-state index contributed by atoms with van der Waals surface area (Å²) in [7, 11) is 1.53. The van der Waals surface area contributed by atoms with Gasteiger partial charge < -0.3 is 15.0 Å². The van der Waals surface area contributed by atoms with Crippen LogP contribution in [-0.4, -0.2) is 36.4 Å². The first kappa shape index (κ1) is 25.9. The van der Waals surface area contributed by atoms with Gasteiger partial charge >= 0.3 is 0 Å². The Kier molecular flexibility index (Phi) is 8.63. The average molecular weight is 477 g/mol. The van der Waals surface area contributed by atoms with Gasteiger partial charge in [-0.3, -0.25) is 9.59 Å². The topological polar surface area (TPSA) is 58.6 Å². The molecule has 3 aromatic carbocycles. The van der Waals surface area contributed by atoms with Crippen LogP contribution >= 0.6 is 0 Å². The average Bonchev–Trinajstić information content (AvgIpc) is 2.85. The summed E-state index contributed by atoms with van der Waals surface area (Å²) in [5.74, 6) is -0.548. The van der Waals surface area contributed by atoms with Gasteiger partial charge in [-0.05, 0) is 28.7 Å². The van der Waals surface area contributed by atoms with E-state index in [0.29, 0.717) is 17.7 Å². The van der Waals surface area contributed by atoms with Crippen molar-refractivity contribution in [3.05, 3.63) is 101 Å². The minimum Gasteiger partial charge on any atom is -0.483 e. The van der Waals surface area contributed by atoms with Gasteiger partial charge in [0.25, 0.3) is 5.91 Å². The van der Waals surface area contributed by atoms with Gasteiger partial charge in [0.2, 0.25) is 5.91 Å². The third-order valence-corrected chi connectivity index (χ3v) is 5.86. The number of nitrogens with one attached hydrogen (secondary N) is 1. The molecule has 1 N–H and O–H groups in total. The number of carbonyl (C=O) groups is 2. The van der Waals surface area contributed by atoms with Crippen molar-refractivity contribution in [2.75, 3.05) is 13.7 Å². The number of likely N-dealkylation sites (N-methyl/N-ethyl adjacent to an activating group) is 1. The van der Waals surface area contributed by atoms with Crippen molar-refractivity contribution in [3.8, 4) is 5.75 Å². The molecule has 0 heterocycles. The molecule has 0 aromatic heterocycles. The Hall–Kier alpha value is -3.67. The summed E-state index contributed by atoms with van der Waals surface area (Å²) in [5.41, 5.74) is 2.02. The molecule has 3 rings (SSSR count). The zero-order valence-electron chi connectivity index (χ0n) is 20.8. The summed E-state index contributed by atoms with van der Waals surface area (Å²) in [5, 5.41) is 2.66. The molecular formula is C29H33FN2O3. The van der Waals surface area contributed by atoms with Gasteiger partial charge in [-0.15, -0.1) is 0 Å². The predicted octanol–water partition coefficient (Wildman–Crippen LogP) is 4.89. The predicted molar refractivity (Wildman–Crippen MR) is 136 cm³/mol. The summed E-state index contributed by atoms with van der Waals surface area (Å²) < 4.78 is 20.5. The van der Waals surface area contributed by atoms with Crippen LogP contribution in [0.2, 0.25) is 0 Å². The quantitative estimate of drug-likeness (QED) is 0.479. The monoisotopic (exact) mass is 476 g/mol. The second-order valence-electron chi connectivity index (χ2n) is 9.47. The number of carbonyl (C=O) groups excluding carboxylic acids is 2. The number of hydrogen-bond donors (Lipinski definition) is 1. The van der Waals surface area contributed by atoms with Gasteiger partial charge in [0.15, 0.2) is 6.61 Å². The van der Waals surface area contributed by atoms with Crippen molar-refractivity contribution in [3.63, 3.8) is 0 Å². The second kappa shape index (κ2) is 11.6. The Morgan fingerprint density at radius 1 is 0.943 bits per heavy atom. The van der Waals surface area contributed by atoms with Gasteiger partial charge in [-0.2, -0.15) is 0 Å². The highest BCUT2D eigenvalue weighted by molar-refractivity contribution is 5.88. The van der Waals surface area contributed by atoms with Crippen LogP contribution in [0.4, 0.5) is 4.39 Å². The maximum absolute atomic E-state index is 14.6. The number of nitrogens with zero attached hydrogens (tertiary/aromatic N) is 1. The van der Waals surface area contributed by atoms with Crippen molar-refractivity contribution in [1.82, 2.24) is 10.2 Å². The zero-order chi connectivity index (χ0) is 25.4. The first-order valence-electron chi connectivity index (χ1n) is 11.7. The Bertz CT molecular complexity index is 1140. The van der Waals surface area contributed by atoms with Crippen LogP contribution in [0, 0.1) is 5.82 Å². The van der Waals surface area contributed by atoms with Crippen LogP contribution in [0.1, 0.15) is 37.5 Å². The smallest absolute Gasteiger partial charge is 0.261 e. The zero-order valence-corrected chi connectivity index (χ0v) is 20.8. The lowest BCUT2D eigenvalue weighted by molar-refractivity contribution is -0.142. The summed E-state index contributed by atoms with van der Waals surface area (Å²) in [4.78, 5) is 27.9. The van der Waals surface area contributed by atoms with E-state index >= 15 is 0 Å². The van der Waals surface area contributed by atoms with Crippen LogP contribution in [0.5, 0.6) is 5.75 Å². The summed E-state index contributed by atoms with van der Waals surface area (Å²) in [6, 6.07) is 22.5. The number of hydrogen-bond acceptors (Lipinski definition) is 3. The number of para-hydroxylation sites is 1. The van der Waals surface area contributed by atoms with E-state index in [2.05, 4.69) is 26.1 Å². The van der Waals surface area contributed by atoms with Crippen molar-refractivity contribution in [1.29, 1.82) is 0 Å². The number of rotatable bonds is 9.